The molecule has 0 aliphatic carbocycles. The number of aliphatic imine (C=N–C) groups is 1. The predicted molar refractivity (Wildman–Crippen MR) is 184 cm³/mol. The average molecular weight is 550 g/mol. The zero-order chi connectivity index (χ0) is 29.7. The number of aryl methyl sites for hydroxylation is 2. The molecule has 0 unspecified atom stereocenters. The van der Waals surface area contributed by atoms with Crippen molar-refractivity contribution in [3.63, 3.8) is 0 Å². The van der Waals surface area contributed by atoms with E-state index in [4.69, 9.17) is 4.99 Å². The van der Waals surface area contributed by atoms with Crippen molar-refractivity contribution in [1.82, 2.24) is 0 Å². The van der Waals surface area contributed by atoms with Crippen LogP contribution in [0.5, 0.6) is 0 Å². The number of unbranched alkanes of at least 4 members (excludes halogenated alkanes) is 1. The highest BCUT2D eigenvalue weighted by atomic mass is 14.7. The first-order valence-corrected chi connectivity index (χ1v) is 15.0. The molecule has 0 saturated heterocycles. The lowest BCUT2D eigenvalue weighted by Crippen LogP contribution is -1.97. The van der Waals surface area contributed by atoms with Crippen LogP contribution >= 0.6 is 0 Å². The highest BCUT2D eigenvalue weighted by molar-refractivity contribution is 5.99. The molecule has 1 nitrogen and oxygen atoms in total. The van der Waals surface area contributed by atoms with Crippen molar-refractivity contribution < 1.29 is 0 Å². The lowest BCUT2D eigenvalue weighted by molar-refractivity contribution is 0.795. The first kappa shape index (κ1) is 30.5. The van der Waals surface area contributed by atoms with Crippen molar-refractivity contribution in [3.8, 4) is 22.3 Å². The lowest BCUT2D eigenvalue weighted by atomic mass is 9.93. The second-order valence-electron chi connectivity index (χ2n) is 10.9. The largest absolute Gasteiger partial charge is 0.285 e. The second kappa shape index (κ2) is 15.5. The SMILES string of the molecule is C=C(C)c1ccccc1-c1ccccc1CN=C(C)c1ccc(-c2ccc(C)cc2)cc1.CCCCc1ccccc1. The van der Waals surface area contributed by atoms with E-state index in [2.05, 4.69) is 162 Å². The van der Waals surface area contributed by atoms with Crippen molar-refractivity contribution in [2.24, 2.45) is 4.99 Å². The topological polar surface area (TPSA) is 12.4 Å². The van der Waals surface area contributed by atoms with Crippen LogP contribution in [0.2, 0.25) is 0 Å². The molecule has 42 heavy (non-hydrogen) atoms. The van der Waals surface area contributed by atoms with E-state index in [0.717, 1.165) is 16.8 Å². The normalized spacial score (nSPS) is 11.0. The zero-order valence-corrected chi connectivity index (χ0v) is 25.6. The predicted octanol–water partition coefficient (Wildman–Crippen LogP) is 11.4. The first-order valence-electron chi connectivity index (χ1n) is 15.0. The zero-order valence-electron chi connectivity index (χ0n) is 25.6. The molecule has 5 aromatic rings. The van der Waals surface area contributed by atoms with Crippen LogP contribution in [0.15, 0.2) is 139 Å². The van der Waals surface area contributed by atoms with Crippen LogP contribution in [0.1, 0.15) is 61.4 Å². The van der Waals surface area contributed by atoms with Gasteiger partial charge in [0, 0.05) is 5.71 Å². The van der Waals surface area contributed by atoms with E-state index < -0.39 is 0 Å². The molecule has 0 amide bonds. The molecule has 0 heterocycles. The summed E-state index contributed by atoms with van der Waals surface area (Å²) in [5, 5.41) is 0. The van der Waals surface area contributed by atoms with Crippen LogP contribution in [-0.2, 0) is 13.0 Å². The van der Waals surface area contributed by atoms with Gasteiger partial charge in [-0.1, -0.05) is 158 Å². The maximum Gasteiger partial charge on any atom is 0.0649 e. The lowest BCUT2D eigenvalue weighted by Gasteiger charge is -2.13. The summed E-state index contributed by atoms with van der Waals surface area (Å²) in [5.74, 6) is 0. The third-order valence-electron chi connectivity index (χ3n) is 7.53. The van der Waals surface area contributed by atoms with Crippen LogP contribution in [0, 0.1) is 6.92 Å². The molecule has 0 saturated carbocycles. The Balaban J connectivity index is 0.000000343. The van der Waals surface area contributed by atoms with Gasteiger partial charge in [0.05, 0.1) is 6.54 Å². The molecular formula is C41H43N. The smallest absolute Gasteiger partial charge is 0.0649 e. The minimum atomic E-state index is 0.645. The minimum Gasteiger partial charge on any atom is -0.285 e. The van der Waals surface area contributed by atoms with Gasteiger partial charge in [-0.15, -0.1) is 0 Å². The van der Waals surface area contributed by atoms with E-state index in [-0.39, 0.29) is 0 Å². The van der Waals surface area contributed by atoms with Crippen LogP contribution in [0.25, 0.3) is 27.8 Å². The van der Waals surface area contributed by atoms with Crippen LogP contribution in [-0.4, -0.2) is 5.71 Å². The van der Waals surface area contributed by atoms with Gasteiger partial charge in [-0.25, -0.2) is 0 Å². The second-order valence-corrected chi connectivity index (χ2v) is 10.9. The minimum absolute atomic E-state index is 0.645. The molecule has 212 valence electrons. The van der Waals surface area contributed by atoms with Crippen LogP contribution in [0.4, 0.5) is 0 Å². The van der Waals surface area contributed by atoms with E-state index in [1.807, 2.05) is 0 Å². The summed E-state index contributed by atoms with van der Waals surface area (Å²) in [6, 6.07) is 45.0. The maximum absolute atomic E-state index is 4.93. The molecule has 0 fully saturated rings. The van der Waals surface area contributed by atoms with Crippen LogP contribution < -0.4 is 0 Å². The monoisotopic (exact) mass is 549 g/mol. The molecule has 0 aliphatic heterocycles. The van der Waals surface area contributed by atoms with Gasteiger partial charge in [0.15, 0.2) is 0 Å². The summed E-state index contributed by atoms with van der Waals surface area (Å²) in [4.78, 5) is 4.93. The molecule has 0 aromatic heterocycles. The first-order chi connectivity index (χ1) is 20.5. The van der Waals surface area contributed by atoms with E-state index >= 15 is 0 Å². The molecular weight excluding hydrogens is 506 g/mol. The Bertz CT molecular complexity index is 1590. The number of hydrogen-bond acceptors (Lipinski definition) is 1. The van der Waals surface area contributed by atoms with Gasteiger partial charge in [0.25, 0.3) is 0 Å². The van der Waals surface area contributed by atoms with E-state index in [1.165, 1.54) is 63.8 Å². The number of hydrogen-bond donors (Lipinski definition) is 0. The number of rotatable bonds is 9. The van der Waals surface area contributed by atoms with Crippen molar-refractivity contribution in [2.45, 2.75) is 53.5 Å². The van der Waals surface area contributed by atoms with Crippen molar-refractivity contribution >= 4 is 11.3 Å². The van der Waals surface area contributed by atoms with E-state index in [9.17, 15) is 0 Å². The molecule has 0 bridgehead atoms. The summed E-state index contributed by atoms with van der Waals surface area (Å²) in [6.45, 7) is 13.3. The van der Waals surface area contributed by atoms with Gasteiger partial charge >= 0.3 is 0 Å². The Hall–Kier alpha value is -4.49. The summed E-state index contributed by atoms with van der Waals surface area (Å²) in [5.41, 5.74) is 13.3. The molecule has 0 spiro atoms. The number of benzene rings is 5. The van der Waals surface area contributed by atoms with Gasteiger partial charge in [-0.3, -0.25) is 4.99 Å². The molecule has 5 aromatic carbocycles. The molecule has 0 atom stereocenters. The van der Waals surface area contributed by atoms with Crippen molar-refractivity contribution in [1.29, 1.82) is 0 Å². The summed E-state index contributed by atoms with van der Waals surface area (Å²) < 4.78 is 0. The fraction of sp³-hybridized carbons (Fsp3) is 0.195. The Morgan fingerprint density at radius 3 is 1.86 bits per heavy atom. The van der Waals surface area contributed by atoms with Crippen molar-refractivity contribution in [3.05, 3.63) is 162 Å². The van der Waals surface area contributed by atoms with Gasteiger partial charge in [0.2, 0.25) is 0 Å². The molecule has 0 N–H and O–H groups in total. The van der Waals surface area contributed by atoms with Gasteiger partial charge < -0.3 is 0 Å². The Labute approximate surface area is 253 Å². The molecule has 0 aliphatic rings. The highest BCUT2D eigenvalue weighted by Gasteiger charge is 2.09. The van der Waals surface area contributed by atoms with Crippen LogP contribution in [0.3, 0.4) is 0 Å². The fourth-order valence-electron chi connectivity index (χ4n) is 4.98. The fourth-order valence-corrected chi connectivity index (χ4v) is 4.98. The quantitative estimate of drug-likeness (QED) is 0.162. The molecule has 5 rings (SSSR count). The Morgan fingerprint density at radius 1 is 0.643 bits per heavy atom. The van der Waals surface area contributed by atoms with Gasteiger partial charge in [-0.05, 0) is 78.1 Å². The number of nitrogens with zero attached hydrogens (tertiary/aromatic N) is 1. The van der Waals surface area contributed by atoms with Crippen molar-refractivity contribution in [2.75, 3.05) is 0 Å². The number of allylic oxidation sites excluding steroid dienone is 1. The Morgan fingerprint density at radius 2 is 1.21 bits per heavy atom. The molecule has 0 radical (unpaired) electrons. The van der Waals surface area contributed by atoms with Gasteiger partial charge in [0.1, 0.15) is 0 Å². The summed E-state index contributed by atoms with van der Waals surface area (Å²) in [7, 11) is 0. The highest BCUT2D eigenvalue weighted by Crippen LogP contribution is 2.31. The molecule has 1 heteroatoms. The summed E-state index contributed by atoms with van der Waals surface area (Å²) >= 11 is 0. The van der Waals surface area contributed by atoms with E-state index in [1.54, 1.807) is 0 Å². The van der Waals surface area contributed by atoms with Gasteiger partial charge in [-0.2, -0.15) is 0 Å². The standard InChI is InChI=1S/C31H29N.C10H14/c1-22(2)29-10-7-8-12-31(29)30-11-6-5-9-28(30)21-32-24(4)25-17-19-27(20-18-25)26-15-13-23(3)14-16-26;1-2-3-7-10-8-5-4-6-9-10/h5-20H,1,21H2,2-4H3;4-6,8-9H,2-3,7H2,1H3. The third kappa shape index (κ3) is 8.51. The maximum atomic E-state index is 4.93. The third-order valence-corrected chi connectivity index (χ3v) is 7.53. The van der Waals surface area contributed by atoms with E-state index in [0.29, 0.717) is 6.54 Å². The Kier molecular flexibility index (Phi) is 11.2. The summed E-state index contributed by atoms with van der Waals surface area (Å²) in [6.07, 6.45) is 3.83. The average Bonchev–Trinajstić information content (AvgIpc) is 3.04.